The van der Waals surface area contributed by atoms with E-state index >= 15 is 0 Å². The van der Waals surface area contributed by atoms with Crippen LogP contribution in [-0.2, 0) is 4.79 Å². The van der Waals surface area contributed by atoms with Gasteiger partial charge in [-0.2, -0.15) is 13.2 Å². The van der Waals surface area contributed by atoms with Gasteiger partial charge in [-0.05, 0) is 18.2 Å². The highest BCUT2D eigenvalue weighted by Crippen LogP contribution is 2.13. The van der Waals surface area contributed by atoms with Gasteiger partial charge in [-0.3, -0.25) is 0 Å². The van der Waals surface area contributed by atoms with Gasteiger partial charge in [0.15, 0.2) is 0 Å². The monoisotopic (exact) mass is 249 g/mol. The van der Waals surface area contributed by atoms with Crippen LogP contribution in [0.1, 0.15) is 5.56 Å². The van der Waals surface area contributed by atoms with Gasteiger partial charge in [0.2, 0.25) is 0 Å². The molecule has 17 heavy (non-hydrogen) atoms. The zero-order chi connectivity index (χ0) is 13.6. The highest BCUT2D eigenvalue weighted by atomic mass is 19.4. The van der Waals surface area contributed by atoms with Crippen LogP contribution in [0.2, 0.25) is 0 Å². The lowest BCUT2D eigenvalue weighted by Gasteiger charge is -1.94. The Hall–Kier alpha value is -2.23. The average Bonchev–Trinajstić information content (AvgIpc) is 2.17. The van der Waals surface area contributed by atoms with Crippen molar-refractivity contribution in [2.45, 2.75) is 6.18 Å². The molecule has 0 aromatic heterocycles. The Labute approximate surface area is 93.9 Å². The van der Waals surface area contributed by atoms with Gasteiger partial charge >= 0.3 is 12.1 Å². The molecule has 0 saturated carbocycles. The Kier molecular flexibility index (Phi) is 4.99. The number of carboxylic acids is 1. The Morgan fingerprint density at radius 1 is 1.41 bits per heavy atom. The second-order valence-electron chi connectivity index (χ2n) is 2.69. The summed E-state index contributed by atoms with van der Waals surface area (Å²) in [5.41, 5.74) is 5.90. The standard InChI is InChI=1S/C8H6FN.C2HF3O2/c1-2-6-3-4-7(10)5-8(6)9;3-2(4,5)1(6)7/h1,3-5H,10H2;(H,6,7). The number of nitrogen functional groups attached to an aromatic ring is 1. The zero-order valence-corrected chi connectivity index (χ0v) is 8.25. The fourth-order valence-corrected chi connectivity index (χ4v) is 0.648. The predicted octanol–water partition coefficient (Wildman–Crippen LogP) is 2.02. The van der Waals surface area contributed by atoms with Crippen LogP contribution in [0.5, 0.6) is 0 Å². The minimum Gasteiger partial charge on any atom is -0.475 e. The van der Waals surface area contributed by atoms with Crippen LogP contribution in [0.25, 0.3) is 0 Å². The third kappa shape index (κ3) is 5.41. The van der Waals surface area contributed by atoms with Crippen molar-refractivity contribution in [2.75, 3.05) is 5.73 Å². The maximum Gasteiger partial charge on any atom is 0.490 e. The lowest BCUT2D eigenvalue weighted by Crippen LogP contribution is -2.21. The molecule has 3 N–H and O–H groups in total. The number of carbonyl (C=O) groups is 1. The van der Waals surface area contributed by atoms with E-state index in [1.54, 1.807) is 6.07 Å². The third-order valence-electron chi connectivity index (χ3n) is 1.39. The number of rotatable bonds is 0. The summed E-state index contributed by atoms with van der Waals surface area (Å²) in [5.74, 6) is -1.01. The van der Waals surface area contributed by atoms with Crippen LogP contribution >= 0.6 is 0 Å². The molecule has 1 aromatic carbocycles. The molecule has 92 valence electrons. The lowest BCUT2D eigenvalue weighted by molar-refractivity contribution is -0.192. The van der Waals surface area contributed by atoms with Gasteiger partial charge < -0.3 is 10.8 Å². The van der Waals surface area contributed by atoms with Gasteiger partial charge in [0.1, 0.15) is 5.82 Å². The Morgan fingerprint density at radius 3 is 2.18 bits per heavy atom. The number of hydrogen-bond donors (Lipinski definition) is 2. The number of benzene rings is 1. The molecule has 0 aliphatic heterocycles. The number of nitrogens with two attached hydrogens (primary N) is 1. The van der Waals surface area contributed by atoms with Crippen molar-refractivity contribution in [3.8, 4) is 12.3 Å². The molecule has 0 atom stereocenters. The van der Waals surface area contributed by atoms with E-state index in [-0.39, 0.29) is 5.56 Å². The molecule has 0 aliphatic carbocycles. The van der Waals surface area contributed by atoms with E-state index in [0.29, 0.717) is 5.69 Å². The SMILES string of the molecule is C#Cc1ccc(N)cc1F.O=C(O)C(F)(F)F. The molecular weight excluding hydrogens is 242 g/mol. The van der Waals surface area contributed by atoms with E-state index in [2.05, 4.69) is 5.92 Å². The van der Waals surface area contributed by atoms with Crippen molar-refractivity contribution < 1.29 is 27.5 Å². The predicted molar refractivity (Wildman–Crippen MR) is 52.4 cm³/mol. The van der Waals surface area contributed by atoms with Crippen molar-refractivity contribution in [3.05, 3.63) is 29.6 Å². The Balaban J connectivity index is 0.000000325. The second kappa shape index (κ2) is 5.75. The van der Waals surface area contributed by atoms with Crippen molar-refractivity contribution in [3.63, 3.8) is 0 Å². The number of terminal acetylenes is 1. The van der Waals surface area contributed by atoms with E-state index in [4.69, 9.17) is 22.1 Å². The molecule has 0 fully saturated rings. The number of carboxylic acid groups (broad SMARTS) is 1. The maximum atomic E-state index is 12.6. The molecule has 0 saturated heterocycles. The van der Waals surface area contributed by atoms with E-state index < -0.39 is 18.0 Å². The first-order chi connectivity index (χ1) is 7.68. The van der Waals surface area contributed by atoms with Gasteiger partial charge in [-0.15, -0.1) is 6.42 Å². The molecule has 3 nitrogen and oxygen atoms in total. The van der Waals surface area contributed by atoms with Gasteiger partial charge in [-0.25, -0.2) is 9.18 Å². The minimum atomic E-state index is -5.08. The summed E-state index contributed by atoms with van der Waals surface area (Å²) in [5, 5.41) is 7.12. The minimum absolute atomic E-state index is 0.245. The molecule has 0 radical (unpaired) electrons. The highest BCUT2D eigenvalue weighted by Gasteiger charge is 2.38. The average molecular weight is 249 g/mol. The summed E-state index contributed by atoms with van der Waals surface area (Å²) in [6.07, 6.45) is -0.113. The number of anilines is 1. The first kappa shape index (κ1) is 14.8. The van der Waals surface area contributed by atoms with Crippen LogP contribution in [-0.4, -0.2) is 17.3 Å². The molecule has 7 heteroatoms. The summed E-state index contributed by atoms with van der Waals surface area (Å²) in [4.78, 5) is 8.90. The van der Waals surface area contributed by atoms with Gasteiger partial charge in [0.25, 0.3) is 0 Å². The molecule has 0 amide bonds. The summed E-state index contributed by atoms with van der Waals surface area (Å²) in [6.45, 7) is 0. The first-order valence-electron chi connectivity index (χ1n) is 4.00. The van der Waals surface area contributed by atoms with Crippen molar-refractivity contribution in [1.82, 2.24) is 0 Å². The molecule has 0 aliphatic rings. The normalized spacial score (nSPS) is 9.82. The van der Waals surface area contributed by atoms with E-state index in [0.717, 1.165) is 0 Å². The second-order valence-corrected chi connectivity index (χ2v) is 2.69. The lowest BCUT2D eigenvalue weighted by atomic mass is 10.2. The smallest absolute Gasteiger partial charge is 0.475 e. The highest BCUT2D eigenvalue weighted by molar-refractivity contribution is 5.73. The number of halogens is 4. The van der Waals surface area contributed by atoms with E-state index in [9.17, 15) is 17.6 Å². The van der Waals surface area contributed by atoms with E-state index in [1.807, 2.05) is 0 Å². The van der Waals surface area contributed by atoms with Gasteiger partial charge in [0.05, 0.1) is 5.56 Å². The largest absolute Gasteiger partial charge is 0.490 e. The van der Waals surface area contributed by atoms with Crippen molar-refractivity contribution in [1.29, 1.82) is 0 Å². The van der Waals surface area contributed by atoms with Crippen LogP contribution in [0, 0.1) is 18.2 Å². The quantitative estimate of drug-likeness (QED) is 0.420. The van der Waals surface area contributed by atoms with Gasteiger partial charge in [0, 0.05) is 5.69 Å². The molecule has 0 heterocycles. The van der Waals surface area contributed by atoms with Crippen LogP contribution < -0.4 is 5.73 Å². The summed E-state index contributed by atoms with van der Waals surface area (Å²) < 4.78 is 44.4. The maximum absolute atomic E-state index is 12.6. The Morgan fingerprint density at radius 2 is 1.88 bits per heavy atom. The Bertz CT molecular complexity index is 449. The molecule has 1 rings (SSSR count). The van der Waals surface area contributed by atoms with Crippen molar-refractivity contribution in [2.24, 2.45) is 0 Å². The van der Waals surface area contributed by atoms with E-state index in [1.165, 1.54) is 12.1 Å². The molecule has 1 aromatic rings. The molecule has 0 unspecified atom stereocenters. The molecular formula is C10H7F4NO2. The first-order valence-corrected chi connectivity index (χ1v) is 4.00. The van der Waals surface area contributed by atoms with Gasteiger partial charge in [-0.1, -0.05) is 5.92 Å². The fourth-order valence-electron chi connectivity index (χ4n) is 0.648. The van der Waals surface area contributed by atoms with Crippen molar-refractivity contribution >= 4 is 11.7 Å². The van der Waals surface area contributed by atoms with Crippen LogP contribution in [0.4, 0.5) is 23.2 Å². The molecule has 0 spiro atoms. The zero-order valence-electron chi connectivity index (χ0n) is 8.25. The third-order valence-corrected chi connectivity index (χ3v) is 1.39. The summed E-state index contributed by atoms with van der Waals surface area (Å²) >= 11 is 0. The number of alkyl halides is 3. The molecule has 0 bridgehead atoms. The topological polar surface area (TPSA) is 63.3 Å². The number of aliphatic carboxylic acids is 1. The summed E-state index contributed by atoms with van der Waals surface area (Å²) in [7, 11) is 0. The summed E-state index contributed by atoms with van der Waals surface area (Å²) in [6, 6.07) is 4.25. The fraction of sp³-hybridized carbons (Fsp3) is 0.100. The van der Waals surface area contributed by atoms with Crippen LogP contribution in [0.15, 0.2) is 18.2 Å². The number of hydrogen-bond acceptors (Lipinski definition) is 2. The van der Waals surface area contributed by atoms with Crippen LogP contribution in [0.3, 0.4) is 0 Å².